The number of benzene rings is 1. The van der Waals surface area contributed by atoms with Crippen molar-refractivity contribution in [2.24, 2.45) is 0 Å². The summed E-state index contributed by atoms with van der Waals surface area (Å²) >= 11 is 0. The third-order valence-corrected chi connectivity index (χ3v) is 3.72. The van der Waals surface area contributed by atoms with Gasteiger partial charge in [0.2, 0.25) is 5.91 Å². The van der Waals surface area contributed by atoms with Gasteiger partial charge < -0.3 is 10.1 Å². The summed E-state index contributed by atoms with van der Waals surface area (Å²) in [5.74, 6) is 0.567. The van der Waals surface area contributed by atoms with E-state index in [1.165, 1.54) is 30.4 Å². The van der Waals surface area contributed by atoms with Crippen LogP contribution in [0.3, 0.4) is 0 Å². The maximum absolute atomic E-state index is 11.7. The molecule has 1 amide bonds. The molecule has 0 radical (unpaired) electrons. The quantitative estimate of drug-likeness (QED) is 0.799. The maximum Gasteiger partial charge on any atom is 0.222 e. The fourth-order valence-corrected chi connectivity index (χ4v) is 2.70. The van der Waals surface area contributed by atoms with E-state index in [9.17, 15) is 4.79 Å². The molecule has 0 fully saturated rings. The Morgan fingerprint density at radius 2 is 2.26 bits per heavy atom. The van der Waals surface area contributed by atoms with Crippen molar-refractivity contribution in [2.45, 2.75) is 38.5 Å². The van der Waals surface area contributed by atoms with Crippen molar-refractivity contribution < 1.29 is 9.53 Å². The highest BCUT2D eigenvalue weighted by Gasteiger charge is 2.19. The first-order valence-corrected chi connectivity index (χ1v) is 7.23. The molecule has 3 heteroatoms. The van der Waals surface area contributed by atoms with Gasteiger partial charge in [0.25, 0.3) is 0 Å². The molecular formula is C16H23NO2. The van der Waals surface area contributed by atoms with Gasteiger partial charge in [-0.25, -0.2) is 0 Å². The Hall–Kier alpha value is -1.35. The predicted molar refractivity (Wildman–Crippen MR) is 76.2 cm³/mol. The summed E-state index contributed by atoms with van der Waals surface area (Å²) in [6.07, 6.45) is 4.02. The molecule has 0 saturated carbocycles. The van der Waals surface area contributed by atoms with Crippen LogP contribution in [0.5, 0.6) is 0 Å². The summed E-state index contributed by atoms with van der Waals surface area (Å²) in [5, 5.41) is 3.03. The maximum atomic E-state index is 11.7. The van der Waals surface area contributed by atoms with Crippen LogP contribution in [0, 0.1) is 0 Å². The van der Waals surface area contributed by atoms with Crippen LogP contribution in [-0.2, 0) is 16.0 Å². The molecule has 1 aromatic rings. The van der Waals surface area contributed by atoms with E-state index < -0.39 is 0 Å². The minimum absolute atomic E-state index is 0.0940. The van der Waals surface area contributed by atoms with Crippen molar-refractivity contribution in [3.05, 3.63) is 35.4 Å². The van der Waals surface area contributed by atoms with Crippen LogP contribution < -0.4 is 5.32 Å². The number of fused-ring (bicyclic) bond motifs is 1. The number of aryl methyl sites for hydroxylation is 1. The van der Waals surface area contributed by atoms with Gasteiger partial charge in [-0.1, -0.05) is 24.3 Å². The van der Waals surface area contributed by atoms with Gasteiger partial charge in [-0.2, -0.15) is 0 Å². The smallest absolute Gasteiger partial charge is 0.222 e. The highest BCUT2D eigenvalue weighted by atomic mass is 16.5. The van der Waals surface area contributed by atoms with Crippen LogP contribution in [-0.4, -0.2) is 25.7 Å². The number of hydrogen-bond acceptors (Lipinski definition) is 2. The van der Waals surface area contributed by atoms with E-state index in [1.54, 1.807) is 0 Å². The first kappa shape index (κ1) is 14.1. The van der Waals surface area contributed by atoms with Crippen molar-refractivity contribution in [2.75, 3.05) is 19.8 Å². The second-order valence-corrected chi connectivity index (χ2v) is 5.04. The second kappa shape index (κ2) is 7.29. The van der Waals surface area contributed by atoms with Gasteiger partial charge in [-0.15, -0.1) is 0 Å². The number of nitrogens with one attached hydrogen (secondary N) is 1. The van der Waals surface area contributed by atoms with E-state index >= 15 is 0 Å². The fourth-order valence-electron chi connectivity index (χ4n) is 2.70. The van der Waals surface area contributed by atoms with Crippen molar-refractivity contribution in [1.29, 1.82) is 0 Å². The van der Waals surface area contributed by atoms with E-state index in [1.807, 2.05) is 6.92 Å². The number of amides is 1. The Bertz CT molecular complexity index is 417. The SMILES string of the molecule is CCOCCC(=O)NCC1CCCc2ccccc21. The molecule has 2 rings (SSSR count). The average Bonchev–Trinajstić information content (AvgIpc) is 2.45. The summed E-state index contributed by atoms with van der Waals surface area (Å²) in [7, 11) is 0. The molecule has 0 spiro atoms. The summed E-state index contributed by atoms with van der Waals surface area (Å²) in [6.45, 7) is 3.88. The minimum atomic E-state index is 0.0940. The summed E-state index contributed by atoms with van der Waals surface area (Å²) in [4.78, 5) is 11.7. The van der Waals surface area contributed by atoms with Crippen molar-refractivity contribution in [3.8, 4) is 0 Å². The molecule has 1 aliphatic carbocycles. The topological polar surface area (TPSA) is 38.3 Å². The van der Waals surface area contributed by atoms with Crippen LogP contribution >= 0.6 is 0 Å². The van der Waals surface area contributed by atoms with E-state index in [0.29, 0.717) is 25.6 Å². The number of hydrogen-bond donors (Lipinski definition) is 1. The van der Waals surface area contributed by atoms with Crippen molar-refractivity contribution >= 4 is 5.91 Å². The van der Waals surface area contributed by atoms with Crippen molar-refractivity contribution in [1.82, 2.24) is 5.32 Å². The van der Waals surface area contributed by atoms with Gasteiger partial charge in [-0.3, -0.25) is 4.79 Å². The van der Waals surface area contributed by atoms with Crippen LogP contribution in [0.25, 0.3) is 0 Å². The molecule has 0 aliphatic heterocycles. The molecule has 104 valence electrons. The molecule has 1 atom stereocenters. The normalized spacial score (nSPS) is 17.8. The standard InChI is InChI=1S/C16H23NO2/c1-2-19-11-10-16(18)17-12-14-8-5-7-13-6-3-4-9-15(13)14/h3-4,6,9,14H,2,5,7-8,10-12H2,1H3,(H,17,18). The Labute approximate surface area is 115 Å². The van der Waals surface area contributed by atoms with Gasteiger partial charge >= 0.3 is 0 Å². The molecule has 1 unspecified atom stereocenters. The Balaban J connectivity index is 1.82. The van der Waals surface area contributed by atoms with E-state index in [-0.39, 0.29) is 5.91 Å². The fraction of sp³-hybridized carbons (Fsp3) is 0.562. The number of carbonyl (C=O) groups is 1. The Kier molecular flexibility index (Phi) is 5.40. The molecule has 0 aromatic heterocycles. The third-order valence-electron chi connectivity index (χ3n) is 3.72. The largest absolute Gasteiger partial charge is 0.381 e. The van der Waals surface area contributed by atoms with Crippen LogP contribution in [0.15, 0.2) is 24.3 Å². The third kappa shape index (κ3) is 4.06. The highest BCUT2D eigenvalue weighted by molar-refractivity contribution is 5.76. The van der Waals surface area contributed by atoms with E-state index in [0.717, 1.165) is 6.54 Å². The molecule has 0 saturated heterocycles. The lowest BCUT2D eigenvalue weighted by Crippen LogP contribution is -2.30. The number of ether oxygens (including phenoxy) is 1. The first-order chi connectivity index (χ1) is 9.31. The molecule has 3 nitrogen and oxygen atoms in total. The zero-order chi connectivity index (χ0) is 13.5. The minimum Gasteiger partial charge on any atom is -0.381 e. The molecule has 1 N–H and O–H groups in total. The van der Waals surface area contributed by atoms with Crippen LogP contribution in [0.4, 0.5) is 0 Å². The zero-order valence-electron chi connectivity index (χ0n) is 11.7. The van der Waals surface area contributed by atoms with Gasteiger partial charge in [0.05, 0.1) is 6.61 Å². The number of carbonyl (C=O) groups excluding carboxylic acids is 1. The summed E-state index contributed by atoms with van der Waals surface area (Å²) in [5.41, 5.74) is 2.86. The Morgan fingerprint density at radius 1 is 1.42 bits per heavy atom. The van der Waals surface area contributed by atoms with Gasteiger partial charge in [0.1, 0.15) is 0 Å². The Morgan fingerprint density at radius 3 is 3.11 bits per heavy atom. The highest BCUT2D eigenvalue weighted by Crippen LogP contribution is 2.30. The monoisotopic (exact) mass is 261 g/mol. The van der Waals surface area contributed by atoms with Crippen molar-refractivity contribution in [3.63, 3.8) is 0 Å². The molecule has 0 heterocycles. The average molecular weight is 261 g/mol. The van der Waals surface area contributed by atoms with Crippen LogP contribution in [0.2, 0.25) is 0 Å². The second-order valence-electron chi connectivity index (χ2n) is 5.04. The van der Waals surface area contributed by atoms with Gasteiger partial charge in [0.15, 0.2) is 0 Å². The van der Waals surface area contributed by atoms with E-state index in [4.69, 9.17) is 4.74 Å². The molecule has 1 aliphatic rings. The summed E-state index contributed by atoms with van der Waals surface area (Å²) < 4.78 is 5.19. The summed E-state index contributed by atoms with van der Waals surface area (Å²) in [6, 6.07) is 8.60. The molecule has 19 heavy (non-hydrogen) atoms. The number of rotatable bonds is 6. The first-order valence-electron chi connectivity index (χ1n) is 7.23. The van der Waals surface area contributed by atoms with Crippen LogP contribution in [0.1, 0.15) is 43.2 Å². The molecular weight excluding hydrogens is 238 g/mol. The van der Waals surface area contributed by atoms with Gasteiger partial charge in [0, 0.05) is 25.5 Å². The molecule has 0 bridgehead atoms. The lowest BCUT2D eigenvalue weighted by molar-refractivity contribution is -0.122. The lowest BCUT2D eigenvalue weighted by atomic mass is 9.83. The van der Waals surface area contributed by atoms with E-state index in [2.05, 4.69) is 29.6 Å². The molecule has 1 aromatic carbocycles. The predicted octanol–water partition coefficient (Wildman–Crippen LogP) is 2.65. The lowest BCUT2D eigenvalue weighted by Gasteiger charge is -2.25. The zero-order valence-corrected chi connectivity index (χ0v) is 11.7. The van der Waals surface area contributed by atoms with Gasteiger partial charge in [-0.05, 0) is 37.3 Å².